The summed E-state index contributed by atoms with van der Waals surface area (Å²) in [5.41, 5.74) is 1.05. The van der Waals surface area contributed by atoms with Crippen molar-refractivity contribution >= 4 is 11.8 Å². The van der Waals surface area contributed by atoms with E-state index in [0.717, 1.165) is 25.0 Å². The van der Waals surface area contributed by atoms with Crippen LogP contribution in [0.3, 0.4) is 0 Å². The molecule has 0 unspecified atom stereocenters. The SMILES string of the molecule is C[C@@H](NC(=O)CCC(=O)NC[C@@H]1CCCO1)c1ccccc1. The predicted molar refractivity (Wildman–Crippen MR) is 84.2 cm³/mol. The second kappa shape index (κ2) is 8.54. The molecular formula is C17H24N2O3. The van der Waals surface area contributed by atoms with Crippen LogP contribution in [0.2, 0.25) is 0 Å². The summed E-state index contributed by atoms with van der Waals surface area (Å²) < 4.78 is 5.44. The van der Waals surface area contributed by atoms with Gasteiger partial charge in [-0.2, -0.15) is 0 Å². The monoisotopic (exact) mass is 304 g/mol. The van der Waals surface area contributed by atoms with E-state index < -0.39 is 0 Å². The smallest absolute Gasteiger partial charge is 0.220 e. The second-order valence-corrected chi connectivity index (χ2v) is 5.64. The largest absolute Gasteiger partial charge is 0.376 e. The van der Waals surface area contributed by atoms with Gasteiger partial charge in [0.1, 0.15) is 0 Å². The molecule has 0 saturated carbocycles. The molecular weight excluding hydrogens is 280 g/mol. The molecule has 0 spiro atoms. The molecule has 1 fully saturated rings. The van der Waals surface area contributed by atoms with E-state index in [-0.39, 0.29) is 36.8 Å². The molecule has 0 radical (unpaired) electrons. The minimum absolute atomic E-state index is 0.0522. The van der Waals surface area contributed by atoms with E-state index in [1.54, 1.807) is 0 Å². The Morgan fingerprint density at radius 3 is 2.64 bits per heavy atom. The number of rotatable bonds is 7. The van der Waals surface area contributed by atoms with Gasteiger partial charge in [0.25, 0.3) is 0 Å². The number of amides is 2. The van der Waals surface area contributed by atoms with Gasteiger partial charge in [-0.15, -0.1) is 0 Å². The molecule has 1 saturated heterocycles. The van der Waals surface area contributed by atoms with Crippen LogP contribution in [-0.4, -0.2) is 31.1 Å². The topological polar surface area (TPSA) is 67.4 Å². The summed E-state index contributed by atoms with van der Waals surface area (Å²) in [7, 11) is 0. The average molecular weight is 304 g/mol. The van der Waals surface area contributed by atoms with Crippen molar-refractivity contribution in [1.82, 2.24) is 10.6 Å². The average Bonchev–Trinajstić information content (AvgIpc) is 3.05. The van der Waals surface area contributed by atoms with Crippen molar-refractivity contribution in [3.8, 4) is 0 Å². The first-order valence-corrected chi connectivity index (χ1v) is 7.88. The summed E-state index contributed by atoms with van der Waals surface area (Å²) >= 11 is 0. The number of hydrogen-bond donors (Lipinski definition) is 2. The first-order valence-electron chi connectivity index (χ1n) is 7.88. The fourth-order valence-electron chi connectivity index (χ4n) is 2.49. The van der Waals surface area contributed by atoms with Crippen LogP contribution in [0.5, 0.6) is 0 Å². The zero-order chi connectivity index (χ0) is 15.8. The van der Waals surface area contributed by atoms with Gasteiger partial charge >= 0.3 is 0 Å². The highest BCUT2D eigenvalue weighted by atomic mass is 16.5. The van der Waals surface area contributed by atoms with Crippen LogP contribution in [0.15, 0.2) is 30.3 Å². The highest BCUT2D eigenvalue weighted by Crippen LogP contribution is 2.12. The zero-order valence-corrected chi connectivity index (χ0v) is 13.0. The Kier molecular flexibility index (Phi) is 6.40. The summed E-state index contributed by atoms with van der Waals surface area (Å²) in [6.07, 6.45) is 2.60. The van der Waals surface area contributed by atoms with Crippen LogP contribution in [-0.2, 0) is 14.3 Å². The van der Waals surface area contributed by atoms with Crippen molar-refractivity contribution in [3.63, 3.8) is 0 Å². The summed E-state index contributed by atoms with van der Waals surface area (Å²) in [6, 6.07) is 9.71. The highest BCUT2D eigenvalue weighted by Gasteiger charge is 2.16. The lowest BCUT2D eigenvalue weighted by atomic mass is 10.1. The molecule has 0 bridgehead atoms. The number of hydrogen-bond acceptors (Lipinski definition) is 3. The molecule has 5 heteroatoms. The maximum atomic E-state index is 11.9. The van der Waals surface area contributed by atoms with Crippen LogP contribution in [0, 0.1) is 0 Å². The number of nitrogens with one attached hydrogen (secondary N) is 2. The van der Waals surface area contributed by atoms with Crippen molar-refractivity contribution in [1.29, 1.82) is 0 Å². The van der Waals surface area contributed by atoms with Crippen LogP contribution >= 0.6 is 0 Å². The molecule has 22 heavy (non-hydrogen) atoms. The van der Waals surface area contributed by atoms with E-state index in [1.165, 1.54) is 0 Å². The van der Waals surface area contributed by atoms with Crippen molar-refractivity contribution < 1.29 is 14.3 Å². The van der Waals surface area contributed by atoms with Crippen molar-refractivity contribution in [2.75, 3.05) is 13.2 Å². The molecule has 1 aromatic carbocycles. The highest BCUT2D eigenvalue weighted by molar-refractivity contribution is 5.83. The van der Waals surface area contributed by atoms with Crippen LogP contribution in [0.25, 0.3) is 0 Å². The van der Waals surface area contributed by atoms with Crippen LogP contribution in [0.1, 0.15) is 44.2 Å². The predicted octanol–water partition coefficient (Wildman–Crippen LogP) is 1.94. The number of carbonyl (C=O) groups excluding carboxylic acids is 2. The Balaban J connectivity index is 1.63. The minimum atomic E-state index is -0.108. The van der Waals surface area contributed by atoms with Gasteiger partial charge in [-0.1, -0.05) is 30.3 Å². The molecule has 1 heterocycles. The molecule has 0 aromatic heterocycles. The molecule has 2 N–H and O–H groups in total. The summed E-state index contributed by atoms with van der Waals surface area (Å²) in [5, 5.41) is 5.73. The molecule has 2 rings (SSSR count). The van der Waals surface area contributed by atoms with Gasteiger partial charge in [0.2, 0.25) is 11.8 Å². The summed E-state index contributed by atoms with van der Waals surface area (Å²) in [4.78, 5) is 23.6. The molecule has 1 aromatic rings. The minimum Gasteiger partial charge on any atom is -0.376 e. The quantitative estimate of drug-likeness (QED) is 0.809. The maximum Gasteiger partial charge on any atom is 0.220 e. The standard InChI is InChI=1S/C17H24N2O3/c1-13(14-6-3-2-4-7-14)19-17(21)10-9-16(20)18-12-15-8-5-11-22-15/h2-4,6-7,13,15H,5,8-12H2,1H3,(H,18,20)(H,19,21)/t13-,15+/m1/s1. The molecule has 2 amide bonds. The van der Waals surface area contributed by atoms with Crippen molar-refractivity contribution in [3.05, 3.63) is 35.9 Å². The van der Waals surface area contributed by atoms with E-state index in [9.17, 15) is 9.59 Å². The Labute approximate surface area is 131 Å². The molecule has 5 nitrogen and oxygen atoms in total. The lowest BCUT2D eigenvalue weighted by Crippen LogP contribution is -2.33. The summed E-state index contributed by atoms with van der Waals surface area (Å²) in [6.45, 7) is 3.26. The molecule has 2 atom stereocenters. The Morgan fingerprint density at radius 1 is 1.23 bits per heavy atom. The molecule has 1 aliphatic rings. The van der Waals surface area contributed by atoms with E-state index in [2.05, 4.69) is 10.6 Å². The van der Waals surface area contributed by atoms with Crippen LogP contribution < -0.4 is 10.6 Å². The lowest BCUT2D eigenvalue weighted by Gasteiger charge is -2.14. The third-order valence-electron chi connectivity index (χ3n) is 3.81. The molecule has 120 valence electrons. The number of ether oxygens (including phenoxy) is 1. The Bertz CT molecular complexity index is 484. The Hall–Kier alpha value is -1.88. The third kappa shape index (κ3) is 5.48. The molecule has 0 aliphatic carbocycles. The maximum absolute atomic E-state index is 11.9. The van der Waals surface area contributed by atoms with Crippen molar-refractivity contribution in [2.45, 2.75) is 44.8 Å². The van der Waals surface area contributed by atoms with E-state index in [4.69, 9.17) is 4.74 Å². The second-order valence-electron chi connectivity index (χ2n) is 5.64. The first kappa shape index (κ1) is 16.5. The first-order chi connectivity index (χ1) is 10.6. The summed E-state index contributed by atoms with van der Waals surface area (Å²) in [5.74, 6) is -0.207. The van der Waals surface area contributed by atoms with Gasteiger partial charge in [-0.25, -0.2) is 0 Å². The molecule has 1 aliphatic heterocycles. The number of benzene rings is 1. The zero-order valence-electron chi connectivity index (χ0n) is 13.0. The van der Waals surface area contributed by atoms with Gasteiger partial charge in [0.05, 0.1) is 12.1 Å². The van der Waals surface area contributed by atoms with Gasteiger partial charge in [0, 0.05) is 26.0 Å². The van der Waals surface area contributed by atoms with E-state index >= 15 is 0 Å². The van der Waals surface area contributed by atoms with Crippen molar-refractivity contribution in [2.24, 2.45) is 0 Å². The van der Waals surface area contributed by atoms with Gasteiger partial charge < -0.3 is 15.4 Å². The fourth-order valence-corrected chi connectivity index (χ4v) is 2.49. The van der Waals surface area contributed by atoms with E-state index in [0.29, 0.717) is 6.54 Å². The lowest BCUT2D eigenvalue weighted by molar-refractivity contribution is -0.127. The third-order valence-corrected chi connectivity index (χ3v) is 3.81. The van der Waals surface area contributed by atoms with Crippen LogP contribution in [0.4, 0.5) is 0 Å². The van der Waals surface area contributed by atoms with Gasteiger partial charge in [-0.05, 0) is 25.3 Å². The van der Waals surface area contributed by atoms with Gasteiger partial charge in [0.15, 0.2) is 0 Å². The Morgan fingerprint density at radius 2 is 1.95 bits per heavy atom. The van der Waals surface area contributed by atoms with Gasteiger partial charge in [-0.3, -0.25) is 9.59 Å². The number of carbonyl (C=O) groups is 2. The normalized spacial score (nSPS) is 18.7. The fraction of sp³-hybridized carbons (Fsp3) is 0.529. The van der Waals surface area contributed by atoms with E-state index in [1.807, 2.05) is 37.3 Å².